The largest absolute Gasteiger partial charge is 0.466 e. The fourth-order valence-electron chi connectivity index (χ4n) is 2.34. The number of oxime groups is 1. The molecule has 1 aliphatic rings. The van der Waals surface area contributed by atoms with Crippen LogP contribution >= 0.6 is 0 Å². The van der Waals surface area contributed by atoms with E-state index in [4.69, 9.17) is 20.1 Å². The van der Waals surface area contributed by atoms with Crippen molar-refractivity contribution in [2.45, 2.75) is 26.9 Å². The van der Waals surface area contributed by atoms with Gasteiger partial charge in [-0.1, -0.05) is 5.16 Å². The van der Waals surface area contributed by atoms with Crippen molar-refractivity contribution in [2.24, 2.45) is 10.9 Å². The Kier molecular flexibility index (Phi) is 3.99. The van der Waals surface area contributed by atoms with E-state index in [1.807, 2.05) is 13.8 Å². The minimum absolute atomic E-state index is 0.0284. The number of amidine groups is 1. The van der Waals surface area contributed by atoms with Crippen LogP contribution in [0.1, 0.15) is 27.4 Å². The lowest BCUT2D eigenvalue weighted by molar-refractivity contribution is 0.00664. The van der Waals surface area contributed by atoms with E-state index in [-0.39, 0.29) is 18.3 Å². The third-order valence-electron chi connectivity index (χ3n) is 3.57. The van der Waals surface area contributed by atoms with Crippen LogP contribution in [0, 0.1) is 20.8 Å². The SMILES string of the molecule is Cc1oc(C)c(C(=O)N2CCOC(C(N)=NO)C2)c1C. The van der Waals surface area contributed by atoms with Crippen LogP contribution < -0.4 is 5.73 Å². The van der Waals surface area contributed by atoms with Gasteiger partial charge < -0.3 is 25.0 Å². The van der Waals surface area contributed by atoms with Crippen LogP contribution in [0.5, 0.6) is 0 Å². The highest BCUT2D eigenvalue weighted by Gasteiger charge is 2.30. The summed E-state index contributed by atoms with van der Waals surface area (Å²) in [4.78, 5) is 14.2. The van der Waals surface area contributed by atoms with E-state index >= 15 is 0 Å². The van der Waals surface area contributed by atoms with Gasteiger partial charge in [0.15, 0.2) is 5.84 Å². The minimum atomic E-state index is -0.577. The number of hydrogen-bond acceptors (Lipinski definition) is 5. The van der Waals surface area contributed by atoms with Gasteiger partial charge in [-0.15, -0.1) is 0 Å². The number of aryl methyl sites for hydroxylation is 2. The van der Waals surface area contributed by atoms with Crippen LogP contribution in [0.3, 0.4) is 0 Å². The van der Waals surface area contributed by atoms with Crippen molar-refractivity contribution >= 4 is 11.7 Å². The lowest BCUT2D eigenvalue weighted by atomic mass is 10.1. The molecule has 1 amide bonds. The van der Waals surface area contributed by atoms with Crippen LogP contribution in [0.15, 0.2) is 9.57 Å². The fraction of sp³-hybridized carbons (Fsp3) is 0.538. The predicted molar refractivity (Wildman–Crippen MR) is 72.0 cm³/mol. The molecular weight excluding hydrogens is 262 g/mol. The van der Waals surface area contributed by atoms with Gasteiger partial charge in [-0.25, -0.2) is 0 Å². The molecule has 1 atom stereocenters. The van der Waals surface area contributed by atoms with Crippen molar-refractivity contribution in [1.82, 2.24) is 4.90 Å². The molecule has 1 aromatic heterocycles. The average Bonchev–Trinajstić information content (AvgIpc) is 2.70. The van der Waals surface area contributed by atoms with Crippen molar-refractivity contribution in [3.8, 4) is 0 Å². The first-order valence-electron chi connectivity index (χ1n) is 6.40. The van der Waals surface area contributed by atoms with Crippen molar-refractivity contribution in [2.75, 3.05) is 19.7 Å². The summed E-state index contributed by atoms with van der Waals surface area (Å²) in [6.07, 6.45) is -0.577. The van der Waals surface area contributed by atoms with Crippen LogP contribution in [-0.4, -0.2) is 47.7 Å². The fourth-order valence-corrected chi connectivity index (χ4v) is 2.34. The molecule has 1 aliphatic heterocycles. The predicted octanol–water partition coefficient (Wildman–Crippen LogP) is 0.792. The Balaban J connectivity index is 2.21. The Morgan fingerprint density at radius 2 is 2.10 bits per heavy atom. The average molecular weight is 281 g/mol. The summed E-state index contributed by atoms with van der Waals surface area (Å²) in [7, 11) is 0. The molecule has 2 heterocycles. The molecule has 20 heavy (non-hydrogen) atoms. The van der Waals surface area contributed by atoms with Crippen LogP contribution in [0.4, 0.5) is 0 Å². The van der Waals surface area contributed by atoms with Crippen LogP contribution in [0.2, 0.25) is 0 Å². The van der Waals surface area contributed by atoms with E-state index < -0.39 is 6.10 Å². The molecule has 2 rings (SSSR count). The third-order valence-corrected chi connectivity index (χ3v) is 3.57. The summed E-state index contributed by atoms with van der Waals surface area (Å²) < 4.78 is 10.9. The highest BCUT2D eigenvalue weighted by Crippen LogP contribution is 2.23. The van der Waals surface area contributed by atoms with Gasteiger partial charge in [0.1, 0.15) is 17.6 Å². The first-order valence-corrected chi connectivity index (χ1v) is 6.40. The maximum Gasteiger partial charge on any atom is 0.257 e. The Hall–Kier alpha value is -2.02. The molecule has 1 unspecified atom stereocenters. The molecule has 0 bridgehead atoms. The zero-order valence-electron chi connectivity index (χ0n) is 11.8. The second-order valence-corrected chi connectivity index (χ2v) is 4.85. The highest BCUT2D eigenvalue weighted by atomic mass is 16.5. The number of nitrogens with zero attached hydrogens (tertiary/aromatic N) is 2. The van der Waals surface area contributed by atoms with Crippen LogP contribution in [-0.2, 0) is 4.74 Å². The molecule has 110 valence electrons. The smallest absolute Gasteiger partial charge is 0.257 e. The molecule has 1 saturated heterocycles. The molecule has 7 nitrogen and oxygen atoms in total. The van der Waals surface area contributed by atoms with E-state index in [0.29, 0.717) is 24.5 Å². The number of ether oxygens (including phenoxy) is 1. The molecule has 1 aromatic rings. The number of morpholine rings is 1. The number of furan rings is 1. The van der Waals surface area contributed by atoms with Crippen LogP contribution in [0.25, 0.3) is 0 Å². The molecule has 3 N–H and O–H groups in total. The molecule has 7 heteroatoms. The summed E-state index contributed by atoms with van der Waals surface area (Å²) in [5.41, 5.74) is 6.96. The Morgan fingerprint density at radius 3 is 2.65 bits per heavy atom. The maximum atomic E-state index is 12.6. The van der Waals surface area contributed by atoms with Gasteiger partial charge in [0.05, 0.1) is 18.7 Å². The summed E-state index contributed by atoms with van der Waals surface area (Å²) >= 11 is 0. The number of amides is 1. The minimum Gasteiger partial charge on any atom is -0.466 e. The zero-order valence-corrected chi connectivity index (χ0v) is 11.8. The molecule has 0 spiro atoms. The lowest BCUT2D eigenvalue weighted by Crippen LogP contribution is -2.50. The second kappa shape index (κ2) is 5.54. The van der Waals surface area contributed by atoms with Gasteiger partial charge in [0.25, 0.3) is 5.91 Å². The highest BCUT2D eigenvalue weighted by molar-refractivity contribution is 5.97. The van der Waals surface area contributed by atoms with Gasteiger partial charge in [-0.05, 0) is 20.8 Å². The topological polar surface area (TPSA) is 101 Å². The van der Waals surface area contributed by atoms with E-state index in [9.17, 15) is 4.79 Å². The number of carbonyl (C=O) groups is 1. The van der Waals surface area contributed by atoms with Crippen molar-refractivity contribution in [1.29, 1.82) is 0 Å². The maximum absolute atomic E-state index is 12.6. The first-order chi connectivity index (χ1) is 9.45. The number of hydrogen-bond donors (Lipinski definition) is 2. The normalized spacial score (nSPS) is 20.2. The van der Waals surface area contributed by atoms with Gasteiger partial charge in [-0.2, -0.15) is 0 Å². The van der Waals surface area contributed by atoms with Crippen molar-refractivity contribution in [3.05, 3.63) is 22.6 Å². The number of rotatable bonds is 2. The molecule has 0 aromatic carbocycles. The third kappa shape index (κ3) is 2.49. The first kappa shape index (κ1) is 14.4. The van der Waals surface area contributed by atoms with E-state index in [1.54, 1.807) is 11.8 Å². The number of carbonyl (C=O) groups excluding carboxylic acids is 1. The summed E-state index contributed by atoms with van der Waals surface area (Å²) in [6.45, 7) is 6.55. The van der Waals surface area contributed by atoms with Gasteiger partial charge in [0.2, 0.25) is 0 Å². The summed E-state index contributed by atoms with van der Waals surface area (Å²) in [5, 5.41) is 11.6. The molecule has 0 saturated carbocycles. The molecular formula is C13H19N3O4. The number of nitrogens with two attached hydrogens (primary N) is 1. The quantitative estimate of drug-likeness (QED) is 0.361. The van der Waals surface area contributed by atoms with E-state index in [1.165, 1.54) is 0 Å². The Bertz CT molecular complexity index is 550. The molecule has 0 aliphatic carbocycles. The standard InChI is InChI=1S/C13H19N3O4/c1-7-8(2)20-9(3)11(7)13(17)16-4-5-19-10(6-16)12(14)15-18/h10,18H,4-6H2,1-3H3,(H2,14,15). The summed E-state index contributed by atoms with van der Waals surface area (Å²) in [6, 6.07) is 0. The Morgan fingerprint density at radius 1 is 1.40 bits per heavy atom. The van der Waals surface area contributed by atoms with E-state index in [2.05, 4.69) is 5.16 Å². The van der Waals surface area contributed by atoms with Gasteiger partial charge in [-0.3, -0.25) is 4.79 Å². The zero-order chi connectivity index (χ0) is 14.9. The van der Waals surface area contributed by atoms with E-state index in [0.717, 1.165) is 11.3 Å². The monoisotopic (exact) mass is 281 g/mol. The molecule has 0 radical (unpaired) electrons. The van der Waals surface area contributed by atoms with Crippen molar-refractivity contribution in [3.63, 3.8) is 0 Å². The van der Waals surface area contributed by atoms with Gasteiger partial charge in [0, 0.05) is 12.1 Å². The van der Waals surface area contributed by atoms with Gasteiger partial charge >= 0.3 is 0 Å². The Labute approximate surface area is 117 Å². The summed E-state index contributed by atoms with van der Waals surface area (Å²) in [5.74, 6) is 1.21. The lowest BCUT2D eigenvalue weighted by Gasteiger charge is -2.32. The van der Waals surface area contributed by atoms with Crippen molar-refractivity contribution < 1.29 is 19.2 Å². The second-order valence-electron chi connectivity index (χ2n) is 4.85. The molecule has 1 fully saturated rings.